The van der Waals surface area contributed by atoms with E-state index >= 15 is 0 Å². The lowest BCUT2D eigenvalue weighted by Gasteiger charge is -2.16. The minimum atomic E-state index is -0.170. The SMILES string of the molecule is Cc1c(C)n(Cc2ccccc2F)c2c(N(C)C)nccc12.Cl. The number of aryl methyl sites for hydroxylation is 1. The minimum Gasteiger partial charge on any atom is -0.361 e. The number of pyridine rings is 1. The maximum Gasteiger partial charge on any atom is 0.152 e. The second-order valence-corrected chi connectivity index (χ2v) is 5.81. The Bertz CT molecular complexity index is 840. The van der Waals surface area contributed by atoms with Crippen LogP contribution in [0.1, 0.15) is 16.8 Å². The van der Waals surface area contributed by atoms with E-state index in [2.05, 4.69) is 23.4 Å². The third-order valence-corrected chi connectivity index (χ3v) is 4.24. The lowest BCUT2D eigenvalue weighted by atomic mass is 10.2. The Balaban J connectivity index is 0.00000192. The number of nitrogens with zero attached hydrogens (tertiary/aromatic N) is 3. The molecule has 3 rings (SSSR count). The van der Waals surface area contributed by atoms with Gasteiger partial charge in [-0.05, 0) is 31.5 Å². The number of anilines is 1. The highest BCUT2D eigenvalue weighted by molar-refractivity contribution is 5.93. The van der Waals surface area contributed by atoms with Crippen molar-refractivity contribution < 1.29 is 4.39 Å². The number of aromatic nitrogens is 2. The molecule has 0 radical (unpaired) electrons. The molecule has 23 heavy (non-hydrogen) atoms. The van der Waals surface area contributed by atoms with Gasteiger partial charge in [0.2, 0.25) is 0 Å². The molecule has 0 saturated carbocycles. The fraction of sp³-hybridized carbons (Fsp3) is 0.278. The van der Waals surface area contributed by atoms with E-state index in [1.165, 1.54) is 17.0 Å². The second kappa shape index (κ2) is 6.59. The van der Waals surface area contributed by atoms with Crippen molar-refractivity contribution in [2.75, 3.05) is 19.0 Å². The monoisotopic (exact) mass is 333 g/mol. The van der Waals surface area contributed by atoms with Gasteiger partial charge < -0.3 is 9.47 Å². The van der Waals surface area contributed by atoms with Gasteiger partial charge in [0.1, 0.15) is 5.82 Å². The number of benzene rings is 1. The van der Waals surface area contributed by atoms with Crippen LogP contribution in [0.25, 0.3) is 10.9 Å². The van der Waals surface area contributed by atoms with Crippen molar-refractivity contribution in [3.63, 3.8) is 0 Å². The van der Waals surface area contributed by atoms with E-state index in [-0.39, 0.29) is 18.2 Å². The Labute approximate surface area is 142 Å². The van der Waals surface area contributed by atoms with E-state index in [9.17, 15) is 4.39 Å². The normalized spacial score (nSPS) is 10.7. The molecule has 0 atom stereocenters. The first-order valence-corrected chi connectivity index (χ1v) is 7.36. The number of hydrogen-bond acceptors (Lipinski definition) is 2. The maximum absolute atomic E-state index is 14.0. The summed E-state index contributed by atoms with van der Waals surface area (Å²) in [6, 6.07) is 8.97. The standard InChI is InChI=1S/C18H20FN3.ClH/c1-12-13(2)22(11-14-7-5-6-8-16(14)19)17-15(12)9-10-20-18(17)21(3)4;/h5-10H,11H2,1-4H3;1H. The summed E-state index contributed by atoms with van der Waals surface area (Å²) in [6.07, 6.45) is 1.83. The molecule has 122 valence electrons. The Morgan fingerprint density at radius 2 is 1.83 bits per heavy atom. The molecule has 0 amide bonds. The van der Waals surface area contributed by atoms with Gasteiger partial charge in [-0.25, -0.2) is 9.37 Å². The van der Waals surface area contributed by atoms with Crippen molar-refractivity contribution in [3.8, 4) is 0 Å². The summed E-state index contributed by atoms with van der Waals surface area (Å²) in [5.74, 6) is 0.738. The number of hydrogen-bond donors (Lipinski definition) is 0. The van der Waals surface area contributed by atoms with Gasteiger partial charge in [0.05, 0.1) is 12.1 Å². The molecular formula is C18H21ClFN3. The van der Waals surface area contributed by atoms with Gasteiger partial charge in [0.25, 0.3) is 0 Å². The third-order valence-electron chi connectivity index (χ3n) is 4.24. The Morgan fingerprint density at radius 1 is 1.13 bits per heavy atom. The molecule has 0 unspecified atom stereocenters. The van der Waals surface area contributed by atoms with Gasteiger partial charge >= 0.3 is 0 Å². The van der Waals surface area contributed by atoms with Crippen molar-refractivity contribution >= 4 is 29.1 Å². The minimum absolute atomic E-state index is 0. The fourth-order valence-electron chi connectivity index (χ4n) is 2.90. The van der Waals surface area contributed by atoms with E-state index in [1.807, 2.05) is 43.4 Å². The summed E-state index contributed by atoms with van der Waals surface area (Å²) < 4.78 is 16.2. The van der Waals surface area contributed by atoms with E-state index in [0.717, 1.165) is 17.0 Å². The van der Waals surface area contributed by atoms with E-state index in [1.54, 1.807) is 6.07 Å². The molecule has 0 bridgehead atoms. The summed E-state index contributed by atoms with van der Waals surface area (Å²) in [4.78, 5) is 6.50. The quantitative estimate of drug-likeness (QED) is 0.711. The van der Waals surface area contributed by atoms with Gasteiger partial charge in [0, 0.05) is 36.9 Å². The summed E-state index contributed by atoms with van der Waals surface area (Å²) in [5.41, 5.74) is 4.12. The predicted octanol–water partition coefficient (Wildman–Crippen LogP) is 4.33. The molecule has 1 aromatic carbocycles. The van der Waals surface area contributed by atoms with E-state index in [0.29, 0.717) is 12.1 Å². The lowest BCUT2D eigenvalue weighted by Crippen LogP contribution is -2.13. The predicted molar refractivity (Wildman–Crippen MR) is 96.3 cm³/mol. The van der Waals surface area contributed by atoms with Gasteiger partial charge in [-0.3, -0.25) is 0 Å². The van der Waals surface area contributed by atoms with Crippen molar-refractivity contribution in [2.24, 2.45) is 0 Å². The Hall–Kier alpha value is -2.07. The van der Waals surface area contributed by atoms with Crippen molar-refractivity contribution in [1.82, 2.24) is 9.55 Å². The first-order chi connectivity index (χ1) is 10.5. The Kier molecular flexibility index (Phi) is 4.95. The zero-order valence-corrected chi connectivity index (χ0v) is 14.6. The van der Waals surface area contributed by atoms with Crippen LogP contribution >= 0.6 is 12.4 Å². The van der Waals surface area contributed by atoms with Gasteiger partial charge in [-0.15, -0.1) is 12.4 Å². The van der Waals surface area contributed by atoms with Crippen LogP contribution in [0, 0.1) is 19.7 Å². The largest absolute Gasteiger partial charge is 0.361 e. The molecule has 3 nitrogen and oxygen atoms in total. The van der Waals surface area contributed by atoms with Crippen LogP contribution in [-0.4, -0.2) is 23.6 Å². The van der Waals surface area contributed by atoms with Crippen LogP contribution in [0.15, 0.2) is 36.5 Å². The zero-order chi connectivity index (χ0) is 15.9. The molecule has 0 N–H and O–H groups in total. The fourth-order valence-corrected chi connectivity index (χ4v) is 2.90. The molecule has 0 aliphatic heterocycles. The Morgan fingerprint density at radius 3 is 2.48 bits per heavy atom. The highest BCUT2D eigenvalue weighted by Crippen LogP contribution is 2.31. The lowest BCUT2D eigenvalue weighted by molar-refractivity contribution is 0.600. The van der Waals surface area contributed by atoms with Crippen LogP contribution in [0.5, 0.6) is 0 Å². The molecular weight excluding hydrogens is 313 g/mol. The average Bonchev–Trinajstić information content (AvgIpc) is 2.74. The van der Waals surface area contributed by atoms with E-state index < -0.39 is 0 Å². The van der Waals surface area contributed by atoms with Crippen molar-refractivity contribution in [1.29, 1.82) is 0 Å². The van der Waals surface area contributed by atoms with Crippen molar-refractivity contribution in [2.45, 2.75) is 20.4 Å². The molecule has 0 saturated heterocycles. The topological polar surface area (TPSA) is 21.1 Å². The first kappa shape index (κ1) is 17.3. The summed E-state index contributed by atoms with van der Waals surface area (Å²) >= 11 is 0. The number of rotatable bonds is 3. The highest BCUT2D eigenvalue weighted by atomic mass is 35.5. The molecule has 5 heteroatoms. The molecule has 3 aromatic rings. The summed E-state index contributed by atoms with van der Waals surface area (Å²) in [7, 11) is 3.96. The number of halogens is 2. The number of fused-ring (bicyclic) bond motifs is 1. The van der Waals surface area contributed by atoms with Crippen LogP contribution in [0.4, 0.5) is 10.2 Å². The summed E-state index contributed by atoms with van der Waals surface area (Å²) in [5, 5.41) is 1.17. The van der Waals surface area contributed by atoms with Crippen LogP contribution in [0.3, 0.4) is 0 Å². The summed E-state index contributed by atoms with van der Waals surface area (Å²) in [6.45, 7) is 4.69. The van der Waals surface area contributed by atoms with Crippen molar-refractivity contribution in [3.05, 3.63) is 59.2 Å². The third kappa shape index (κ3) is 2.91. The van der Waals surface area contributed by atoms with Gasteiger partial charge in [-0.2, -0.15) is 0 Å². The smallest absolute Gasteiger partial charge is 0.152 e. The molecule has 0 aliphatic rings. The second-order valence-electron chi connectivity index (χ2n) is 5.81. The van der Waals surface area contributed by atoms with Gasteiger partial charge in [-0.1, -0.05) is 18.2 Å². The zero-order valence-electron chi connectivity index (χ0n) is 13.8. The maximum atomic E-state index is 14.0. The molecule has 0 fully saturated rings. The average molecular weight is 334 g/mol. The molecule has 2 heterocycles. The highest BCUT2D eigenvalue weighted by Gasteiger charge is 2.17. The van der Waals surface area contributed by atoms with Crippen LogP contribution < -0.4 is 4.90 Å². The van der Waals surface area contributed by atoms with Crippen LogP contribution in [0.2, 0.25) is 0 Å². The van der Waals surface area contributed by atoms with E-state index in [4.69, 9.17) is 0 Å². The molecule has 2 aromatic heterocycles. The van der Waals surface area contributed by atoms with Crippen LogP contribution in [-0.2, 0) is 6.54 Å². The molecule has 0 spiro atoms. The first-order valence-electron chi connectivity index (χ1n) is 7.36. The molecule has 0 aliphatic carbocycles. The van der Waals surface area contributed by atoms with Gasteiger partial charge in [0.15, 0.2) is 5.82 Å².